The van der Waals surface area contributed by atoms with Crippen LogP contribution in [0.15, 0.2) is 0 Å². The van der Waals surface area contributed by atoms with Gasteiger partial charge in [-0.25, -0.2) is 15.8 Å². The van der Waals surface area contributed by atoms with E-state index in [4.69, 9.17) is 5.84 Å². The molecule has 20 heavy (non-hydrogen) atoms. The molecule has 0 amide bonds. The topological polar surface area (TPSA) is 75.9 Å². The van der Waals surface area contributed by atoms with Crippen LogP contribution in [-0.4, -0.2) is 16.0 Å². The maximum Gasteiger partial charge on any atom is 0.148 e. The molecule has 1 aromatic rings. The molecular formula is C15H29N5. The molecule has 1 aromatic heterocycles. The number of hydrogen-bond acceptors (Lipinski definition) is 5. The molecule has 4 N–H and O–H groups in total. The first kappa shape index (κ1) is 16.7. The fourth-order valence-corrected chi connectivity index (χ4v) is 2.28. The van der Waals surface area contributed by atoms with Crippen molar-refractivity contribution in [3.05, 3.63) is 11.4 Å². The number of hydrazine groups is 1. The van der Waals surface area contributed by atoms with Gasteiger partial charge < -0.3 is 10.7 Å². The normalized spacial score (nSPS) is 12.2. The van der Waals surface area contributed by atoms with Crippen molar-refractivity contribution in [2.75, 3.05) is 10.7 Å². The quantitative estimate of drug-likeness (QED) is 0.477. The minimum absolute atomic E-state index is 0.476. The Morgan fingerprint density at radius 2 is 1.75 bits per heavy atom. The van der Waals surface area contributed by atoms with Gasteiger partial charge in [-0.05, 0) is 19.8 Å². The molecule has 0 saturated heterocycles. The van der Waals surface area contributed by atoms with Crippen molar-refractivity contribution in [1.82, 2.24) is 9.97 Å². The zero-order valence-corrected chi connectivity index (χ0v) is 13.3. The van der Waals surface area contributed by atoms with Gasteiger partial charge >= 0.3 is 0 Å². The van der Waals surface area contributed by atoms with Gasteiger partial charge in [0.15, 0.2) is 0 Å². The summed E-state index contributed by atoms with van der Waals surface area (Å²) >= 11 is 0. The lowest BCUT2D eigenvalue weighted by Crippen LogP contribution is -2.22. The first-order chi connectivity index (χ1) is 9.65. The van der Waals surface area contributed by atoms with Crippen LogP contribution in [-0.2, 0) is 6.42 Å². The number of hydrogen-bond donors (Lipinski definition) is 3. The van der Waals surface area contributed by atoms with Crippen molar-refractivity contribution in [3.63, 3.8) is 0 Å². The Bertz CT molecular complexity index is 405. The average Bonchev–Trinajstić information content (AvgIpc) is 2.46. The van der Waals surface area contributed by atoms with Crippen LogP contribution >= 0.6 is 0 Å². The van der Waals surface area contributed by atoms with Crippen LogP contribution in [0.25, 0.3) is 0 Å². The molecule has 0 saturated carbocycles. The molecular weight excluding hydrogens is 250 g/mol. The third-order valence-electron chi connectivity index (χ3n) is 3.53. The lowest BCUT2D eigenvalue weighted by atomic mass is 10.0. The second kappa shape index (κ2) is 8.74. The van der Waals surface area contributed by atoms with E-state index in [0.29, 0.717) is 11.9 Å². The van der Waals surface area contributed by atoms with Crippen molar-refractivity contribution >= 4 is 11.6 Å². The van der Waals surface area contributed by atoms with Crippen LogP contribution in [0.5, 0.6) is 0 Å². The first-order valence-electron chi connectivity index (χ1n) is 7.76. The molecule has 0 spiro atoms. The molecule has 1 unspecified atom stereocenters. The number of aryl methyl sites for hydroxylation is 1. The van der Waals surface area contributed by atoms with Crippen molar-refractivity contribution in [1.29, 1.82) is 0 Å². The van der Waals surface area contributed by atoms with Crippen LogP contribution < -0.4 is 16.6 Å². The number of nitrogens with zero attached hydrogens (tertiary/aromatic N) is 2. The molecule has 0 aliphatic carbocycles. The van der Waals surface area contributed by atoms with Gasteiger partial charge in [-0.3, -0.25) is 0 Å². The van der Waals surface area contributed by atoms with Gasteiger partial charge in [-0.1, -0.05) is 40.0 Å². The van der Waals surface area contributed by atoms with E-state index in [1.807, 2.05) is 6.92 Å². The van der Waals surface area contributed by atoms with E-state index in [1.54, 1.807) is 0 Å². The smallest absolute Gasteiger partial charge is 0.148 e. The van der Waals surface area contributed by atoms with Gasteiger partial charge in [-0.2, -0.15) is 0 Å². The number of nitrogens with one attached hydrogen (secondary N) is 2. The Morgan fingerprint density at radius 1 is 1.05 bits per heavy atom. The summed E-state index contributed by atoms with van der Waals surface area (Å²) in [5.74, 6) is 7.99. The molecule has 0 radical (unpaired) electrons. The minimum atomic E-state index is 0.476. The van der Waals surface area contributed by atoms with Crippen LogP contribution in [0.4, 0.5) is 11.6 Å². The molecule has 5 heteroatoms. The summed E-state index contributed by atoms with van der Waals surface area (Å²) in [5.41, 5.74) is 3.66. The lowest BCUT2D eigenvalue weighted by Gasteiger charge is -2.21. The summed E-state index contributed by atoms with van der Waals surface area (Å²) < 4.78 is 0. The second-order valence-electron chi connectivity index (χ2n) is 5.23. The predicted molar refractivity (Wildman–Crippen MR) is 85.8 cm³/mol. The van der Waals surface area contributed by atoms with Gasteiger partial charge in [0.05, 0.1) is 0 Å². The molecule has 0 aromatic carbocycles. The second-order valence-corrected chi connectivity index (χ2v) is 5.23. The van der Waals surface area contributed by atoms with E-state index in [9.17, 15) is 0 Å². The Balaban J connectivity index is 2.92. The van der Waals surface area contributed by atoms with Crippen LogP contribution in [0.1, 0.15) is 64.3 Å². The highest BCUT2D eigenvalue weighted by Gasteiger charge is 2.13. The highest BCUT2D eigenvalue weighted by atomic mass is 15.3. The maximum absolute atomic E-state index is 5.54. The Kier molecular flexibility index (Phi) is 7.30. The Hall–Kier alpha value is -1.36. The largest absolute Gasteiger partial charge is 0.367 e. The molecule has 0 bridgehead atoms. The number of nitrogens with two attached hydrogens (primary N) is 1. The molecule has 1 rings (SSSR count). The standard InChI is InChI=1S/C15H29N5/c1-5-8-10-12(9-6-2)17-14-11(4)15(20-16)19-13(7-3)18-14/h12H,5-10,16H2,1-4H3,(H2,17,18,19,20). The summed E-state index contributed by atoms with van der Waals surface area (Å²) in [6.45, 7) is 8.50. The van der Waals surface area contributed by atoms with Gasteiger partial charge in [0.1, 0.15) is 17.5 Å². The van der Waals surface area contributed by atoms with Gasteiger partial charge in [0.25, 0.3) is 0 Å². The van der Waals surface area contributed by atoms with Gasteiger partial charge in [0.2, 0.25) is 0 Å². The zero-order chi connectivity index (χ0) is 15.0. The number of nitrogen functional groups attached to an aromatic ring is 1. The number of rotatable bonds is 9. The fourth-order valence-electron chi connectivity index (χ4n) is 2.28. The SMILES string of the molecule is CCCCC(CCC)Nc1nc(CC)nc(NN)c1C. The van der Waals surface area contributed by atoms with E-state index < -0.39 is 0 Å². The highest BCUT2D eigenvalue weighted by Crippen LogP contribution is 2.22. The van der Waals surface area contributed by atoms with Crippen molar-refractivity contribution < 1.29 is 0 Å². The van der Waals surface area contributed by atoms with Crippen LogP contribution in [0, 0.1) is 6.92 Å². The van der Waals surface area contributed by atoms with E-state index in [1.165, 1.54) is 25.7 Å². The van der Waals surface area contributed by atoms with E-state index in [-0.39, 0.29) is 0 Å². The molecule has 0 aliphatic heterocycles. The van der Waals surface area contributed by atoms with E-state index in [0.717, 1.165) is 30.0 Å². The molecule has 0 aliphatic rings. The van der Waals surface area contributed by atoms with Crippen molar-refractivity contribution in [2.45, 2.75) is 72.3 Å². The molecule has 0 fully saturated rings. The molecule has 1 atom stereocenters. The fraction of sp³-hybridized carbons (Fsp3) is 0.733. The van der Waals surface area contributed by atoms with Crippen molar-refractivity contribution in [2.24, 2.45) is 5.84 Å². The molecule has 1 heterocycles. The third-order valence-corrected chi connectivity index (χ3v) is 3.53. The Labute approximate surface area is 122 Å². The minimum Gasteiger partial charge on any atom is -0.367 e. The monoisotopic (exact) mass is 279 g/mol. The average molecular weight is 279 g/mol. The van der Waals surface area contributed by atoms with Crippen molar-refractivity contribution in [3.8, 4) is 0 Å². The maximum atomic E-state index is 5.54. The number of anilines is 2. The first-order valence-corrected chi connectivity index (χ1v) is 7.76. The zero-order valence-electron chi connectivity index (χ0n) is 13.3. The summed E-state index contributed by atoms with van der Waals surface area (Å²) in [7, 11) is 0. The predicted octanol–water partition coefficient (Wildman–Crippen LogP) is 3.40. The van der Waals surface area contributed by atoms with E-state index in [2.05, 4.69) is 41.5 Å². The van der Waals surface area contributed by atoms with Gasteiger partial charge in [0, 0.05) is 18.0 Å². The van der Waals surface area contributed by atoms with E-state index >= 15 is 0 Å². The summed E-state index contributed by atoms with van der Waals surface area (Å²) in [6.07, 6.45) is 6.78. The Morgan fingerprint density at radius 3 is 2.30 bits per heavy atom. The third kappa shape index (κ3) is 4.63. The summed E-state index contributed by atoms with van der Waals surface area (Å²) in [5, 5.41) is 3.59. The molecule has 114 valence electrons. The number of aromatic nitrogens is 2. The van der Waals surface area contributed by atoms with Crippen LogP contribution in [0.2, 0.25) is 0 Å². The molecule has 5 nitrogen and oxygen atoms in total. The summed E-state index contributed by atoms with van der Waals surface area (Å²) in [6, 6.07) is 0.476. The lowest BCUT2D eigenvalue weighted by molar-refractivity contribution is 0.562. The summed E-state index contributed by atoms with van der Waals surface area (Å²) in [4.78, 5) is 9.01. The van der Waals surface area contributed by atoms with Gasteiger partial charge in [-0.15, -0.1) is 0 Å². The van der Waals surface area contributed by atoms with Crippen LogP contribution in [0.3, 0.4) is 0 Å². The highest BCUT2D eigenvalue weighted by molar-refractivity contribution is 5.57. The number of unbranched alkanes of at least 4 members (excludes halogenated alkanes) is 1.